The van der Waals surface area contributed by atoms with Gasteiger partial charge < -0.3 is 4.90 Å². The first-order valence-corrected chi connectivity index (χ1v) is 8.01. The molecule has 1 fully saturated rings. The Morgan fingerprint density at radius 1 is 1.15 bits per heavy atom. The summed E-state index contributed by atoms with van der Waals surface area (Å²) in [6.45, 7) is 1.92. The summed E-state index contributed by atoms with van der Waals surface area (Å²) < 4.78 is 27.1. The first-order chi connectivity index (χ1) is 9.67. The van der Waals surface area contributed by atoms with E-state index >= 15 is 0 Å². The molecule has 2 N–H and O–H groups in total. The Balaban J connectivity index is 1.91. The van der Waals surface area contributed by atoms with E-state index in [0.29, 0.717) is 5.69 Å². The van der Waals surface area contributed by atoms with Gasteiger partial charge in [0, 0.05) is 13.1 Å². The molecule has 2 aromatic rings. The fraction of sp³-hybridized carbons (Fsp3) is 0.308. The Morgan fingerprint density at radius 2 is 1.90 bits per heavy atom. The zero-order valence-corrected chi connectivity index (χ0v) is 11.7. The fourth-order valence-corrected chi connectivity index (χ4v) is 3.37. The van der Waals surface area contributed by atoms with Crippen molar-refractivity contribution in [2.75, 3.05) is 22.7 Å². The third kappa shape index (κ3) is 2.49. The van der Waals surface area contributed by atoms with Crippen LogP contribution in [-0.2, 0) is 10.0 Å². The second-order valence-electron chi connectivity index (χ2n) is 4.74. The smallest absolute Gasteiger partial charge is 0.278 e. The van der Waals surface area contributed by atoms with E-state index in [-0.39, 0.29) is 5.03 Å². The number of sulfonamides is 1. The second kappa shape index (κ2) is 5.16. The standard InChI is InChI=1S/C13H16N4O2S/c18-20(19,13-7-8-14-15-13)16-11-5-1-2-6-12(11)17-9-3-4-10-17/h1-2,5-8,16H,3-4,9-10H2,(H,14,15). The molecule has 0 spiro atoms. The zero-order chi connectivity index (χ0) is 14.0. The van der Waals surface area contributed by atoms with Crippen LogP contribution in [0.15, 0.2) is 41.6 Å². The largest absolute Gasteiger partial charge is 0.370 e. The molecule has 2 heterocycles. The van der Waals surface area contributed by atoms with E-state index in [1.165, 1.54) is 12.3 Å². The van der Waals surface area contributed by atoms with Crippen LogP contribution < -0.4 is 9.62 Å². The SMILES string of the molecule is O=S(=O)(Nc1ccccc1N1CCCC1)c1ccn[nH]1. The third-order valence-corrected chi connectivity index (χ3v) is 4.65. The molecular formula is C13H16N4O2S. The number of nitrogens with one attached hydrogen (secondary N) is 2. The zero-order valence-electron chi connectivity index (χ0n) is 10.9. The van der Waals surface area contributed by atoms with Crippen molar-refractivity contribution < 1.29 is 8.42 Å². The van der Waals surface area contributed by atoms with Crippen LogP contribution in [0.2, 0.25) is 0 Å². The van der Waals surface area contributed by atoms with Crippen molar-refractivity contribution in [3.8, 4) is 0 Å². The molecule has 1 aliphatic heterocycles. The van der Waals surface area contributed by atoms with Gasteiger partial charge in [-0.2, -0.15) is 13.5 Å². The number of hydrogen-bond acceptors (Lipinski definition) is 4. The van der Waals surface area contributed by atoms with Crippen molar-refractivity contribution in [3.05, 3.63) is 36.5 Å². The minimum absolute atomic E-state index is 0.0636. The van der Waals surface area contributed by atoms with Gasteiger partial charge >= 0.3 is 0 Å². The molecule has 0 bridgehead atoms. The molecule has 20 heavy (non-hydrogen) atoms. The van der Waals surface area contributed by atoms with Crippen LogP contribution in [-0.4, -0.2) is 31.7 Å². The molecule has 6 nitrogen and oxygen atoms in total. The van der Waals surface area contributed by atoms with Gasteiger partial charge in [0.15, 0.2) is 5.03 Å². The number of aromatic amines is 1. The molecule has 106 valence electrons. The van der Waals surface area contributed by atoms with Crippen molar-refractivity contribution >= 4 is 21.4 Å². The molecule has 1 aromatic carbocycles. The highest BCUT2D eigenvalue weighted by molar-refractivity contribution is 7.92. The average molecular weight is 292 g/mol. The van der Waals surface area contributed by atoms with Crippen LogP contribution in [0.1, 0.15) is 12.8 Å². The number of nitrogens with zero attached hydrogens (tertiary/aromatic N) is 2. The lowest BCUT2D eigenvalue weighted by Crippen LogP contribution is -2.21. The van der Waals surface area contributed by atoms with E-state index in [9.17, 15) is 8.42 Å². The predicted molar refractivity (Wildman–Crippen MR) is 77.3 cm³/mol. The van der Waals surface area contributed by atoms with Crippen LogP contribution >= 0.6 is 0 Å². The van der Waals surface area contributed by atoms with Crippen LogP contribution in [0.25, 0.3) is 0 Å². The maximum atomic E-state index is 12.2. The van der Waals surface area contributed by atoms with Crippen LogP contribution in [0.4, 0.5) is 11.4 Å². The number of hydrogen-bond donors (Lipinski definition) is 2. The Morgan fingerprint density at radius 3 is 2.60 bits per heavy atom. The third-order valence-electron chi connectivity index (χ3n) is 3.36. The number of aromatic nitrogens is 2. The molecule has 3 rings (SSSR count). The van der Waals surface area contributed by atoms with E-state index in [0.717, 1.165) is 31.6 Å². The molecule has 1 saturated heterocycles. The molecule has 0 radical (unpaired) electrons. The molecule has 7 heteroatoms. The van der Waals surface area contributed by atoms with Crippen LogP contribution in [0.3, 0.4) is 0 Å². The van der Waals surface area contributed by atoms with Crippen molar-refractivity contribution in [1.82, 2.24) is 10.2 Å². The Bertz CT molecular complexity index is 676. The average Bonchev–Trinajstić information content (AvgIpc) is 3.13. The number of H-pyrrole nitrogens is 1. The maximum Gasteiger partial charge on any atom is 0.278 e. The molecule has 0 aliphatic carbocycles. The minimum Gasteiger partial charge on any atom is -0.370 e. The van der Waals surface area contributed by atoms with Gasteiger partial charge in [-0.1, -0.05) is 12.1 Å². The Kier molecular flexibility index (Phi) is 3.35. The first-order valence-electron chi connectivity index (χ1n) is 6.53. The maximum absolute atomic E-state index is 12.2. The summed E-state index contributed by atoms with van der Waals surface area (Å²) in [6.07, 6.45) is 3.70. The topological polar surface area (TPSA) is 78.1 Å². The van der Waals surface area contributed by atoms with Crippen molar-refractivity contribution in [2.24, 2.45) is 0 Å². The van der Waals surface area contributed by atoms with Crippen molar-refractivity contribution in [3.63, 3.8) is 0 Å². The van der Waals surface area contributed by atoms with Gasteiger partial charge in [-0.25, -0.2) is 0 Å². The van der Waals surface area contributed by atoms with Gasteiger partial charge in [0.25, 0.3) is 10.0 Å². The Hall–Kier alpha value is -2.02. The van der Waals surface area contributed by atoms with Gasteiger partial charge in [0.2, 0.25) is 0 Å². The molecular weight excluding hydrogens is 276 g/mol. The number of benzene rings is 1. The van der Waals surface area contributed by atoms with E-state index in [4.69, 9.17) is 0 Å². The van der Waals surface area contributed by atoms with Crippen LogP contribution in [0, 0.1) is 0 Å². The van der Waals surface area contributed by atoms with E-state index in [1.807, 2.05) is 18.2 Å². The fourth-order valence-electron chi connectivity index (χ4n) is 2.39. The lowest BCUT2D eigenvalue weighted by Gasteiger charge is -2.21. The summed E-state index contributed by atoms with van der Waals surface area (Å²) >= 11 is 0. The number of para-hydroxylation sites is 2. The Labute approximate surface area is 117 Å². The predicted octanol–water partition coefficient (Wildman–Crippen LogP) is 1.81. The lowest BCUT2D eigenvalue weighted by molar-refractivity contribution is 0.597. The molecule has 0 unspecified atom stereocenters. The number of anilines is 2. The van der Waals surface area contributed by atoms with Gasteiger partial charge in [0.1, 0.15) is 0 Å². The quantitative estimate of drug-likeness (QED) is 0.901. The summed E-state index contributed by atoms with van der Waals surface area (Å²) in [5.74, 6) is 0. The highest BCUT2D eigenvalue weighted by Gasteiger charge is 2.20. The van der Waals surface area contributed by atoms with Gasteiger partial charge in [-0.3, -0.25) is 9.82 Å². The van der Waals surface area contributed by atoms with Crippen molar-refractivity contribution in [2.45, 2.75) is 17.9 Å². The summed E-state index contributed by atoms with van der Waals surface area (Å²) in [6, 6.07) is 8.89. The summed E-state index contributed by atoms with van der Waals surface area (Å²) in [5, 5.41) is 6.21. The van der Waals surface area contributed by atoms with Crippen molar-refractivity contribution in [1.29, 1.82) is 0 Å². The molecule has 1 aliphatic rings. The summed E-state index contributed by atoms with van der Waals surface area (Å²) in [5.41, 5.74) is 1.53. The molecule has 0 amide bonds. The lowest BCUT2D eigenvalue weighted by atomic mass is 10.2. The van der Waals surface area contributed by atoms with E-state index in [1.54, 1.807) is 6.07 Å². The number of rotatable bonds is 4. The summed E-state index contributed by atoms with van der Waals surface area (Å²) in [4.78, 5) is 2.20. The minimum atomic E-state index is -3.62. The van der Waals surface area contributed by atoms with Gasteiger partial charge in [-0.15, -0.1) is 0 Å². The normalized spacial score (nSPS) is 15.5. The molecule has 0 atom stereocenters. The van der Waals surface area contributed by atoms with Crippen LogP contribution in [0.5, 0.6) is 0 Å². The molecule has 0 saturated carbocycles. The molecule has 1 aromatic heterocycles. The van der Waals surface area contributed by atoms with Gasteiger partial charge in [-0.05, 0) is 31.0 Å². The highest BCUT2D eigenvalue weighted by atomic mass is 32.2. The summed E-state index contributed by atoms with van der Waals surface area (Å²) in [7, 11) is -3.62. The monoisotopic (exact) mass is 292 g/mol. The van der Waals surface area contributed by atoms with Gasteiger partial charge in [0.05, 0.1) is 17.6 Å². The first kappa shape index (κ1) is 13.0. The van der Waals surface area contributed by atoms with E-state index < -0.39 is 10.0 Å². The van der Waals surface area contributed by atoms with E-state index in [2.05, 4.69) is 19.8 Å². The second-order valence-corrected chi connectivity index (χ2v) is 6.39. The highest BCUT2D eigenvalue weighted by Crippen LogP contribution is 2.30.